The molecule has 0 saturated heterocycles. The number of nitrogen functional groups attached to an aromatic ring is 1. The zero-order valence-electron chi connectivity index (χ0n) is 14.1. The van der Waals surface area contributed by atoms with E-state index in [9.17, 15) is 9.59 Å². The molecule has 6 nitrogen and oxygen atoms in total. The molecule has 0 aliphatic heterocycles. The number of nitrogens with two attached hydrogens (primary N) is 1. The summed E-state index contributed by atoms with van der Waals surface area (Å²) >= 11 is 1.41. The van der Waals surface area contributed by atoms with E-state index in [1.54, 1.807) is 24.3 Å². The summed E-state index contributed by atoms with van der Waals surface area (Å²) in [4.78, 5) is 24.5. The minimum atomic E-state index is -0.506. The number of amides is 2. The SMILES string of the molecule is N#CCNC(=O)C(CNC(=O)c1cccc(N)c1)SCc1ccccc1. The van der Waals surface area contributed by atoms with Crippen LogP contribution in [0.25, 0.3) is 0 Å². The van der Waals surface area contributed by atoms with Crippen LogP contribution in [-0.2, 0) is 10.5 Å². The van der Waals surface area contributed by atoms with Gasteiger partial charge in [-0.1, -0.05) is 36.4 Å². The highest BCUT2D eigenvalue weighted by Crippen LogP contribution is 2.18. The van der Waals surface area contributed by atoms with Gasteiger partial charge in [0.05, 0.1) is 6.07 Å². The summed E-state index contributed by atoms with van der Waals surface area (Å²) < 4.78 is 0. The van der Waals surface area contributed by atoms with Crippen LogP contribution in [0.5, 0.6) is 0 Å². The van der Waals surface area contributed by atoms with Crippen molar-refractivity contribution in [3.63, 3.8) is 0 Å². The van der Waals surface area contributed by atoms with E-state index in [0.29, 0.717) is 17.0 Å². The summed E-state index contributed by atoms with van der Waals surface area (Å²) in [6, 6.07) is 18.3. The van der Waals surface area contributed by atoms with Crippen molar-refractivity contribution in [1.29, 1.82) is 5.26 Å². The quantitative estimate of drug-likeness (QED) is 0.487. The van der Waals surface area contributed by atoms with E-state index in [1.165, 1.54) is 11.8 Å². The van der Waals surface area contributed by atoms with Crippen molar-refractivity contribution in [3.05, 3.63) is 65.7 Å². The highest BCUT2D eigenvalue weighted by molar-refractivity contribution is 7.99. The fraction of sp³-hybridized carbons (Fsp3) is 0.211. The van der Waals surface area contributed by atoms with Crippen LogP contribution in [-0.4, -0.2) is 30.2 Å². The number of hydrogen-bond acceptors (Lipinski definition) is 5. The number of thioether (sulfide) groups is 1. The van der Waals surface area contributed by atoms with Crippen molar-refractivity contribution in [2.24, 2.45) is 0 Å². The van der Waals surface area contributed by atoms with Crippen LogP contribution in [0.3, 0.4) is 0 Å². The van der Waals surface area contributed by atoms with Gasteiger partial charge in [0.2, 0.25) is 5.91 Å². The first-order valence-corrected chi connectivity index (χ1v) is 9.09. The summed E-state index contributed by atoms with van der Waals surface area (Å²) in [5, 5.41) is 13.4. The molecule has 4 N–H and O–H groups in total. The second kappa shape index (κ2) is 10.1. The highest BCUT2D eigenvalue weighted by Gasteiger charge is 2.20. The van der Waals surface area contributed by atoms with Crippen LogP contribution >= 0.6 is 11.8 Å². The maximum Gasteiger partial charge on any atom is 0.251 e. The van der Waals surface area contributed by atoms with Crippen LogP contribution in [0.1, 0.15) is 15.9 Å². The topological polar surface area (TPSA) is 108 Å². The molecule has 7 heteroatoms. The van der Waals surface area contributed by atoms with E-state index in [2.05, 4.69) is 10.6 Å². The fourth-order valence-corrected chi connectivity index (χ4v) is 3.23. The normalized spacial score (nSPS) is 11.2. The average molecular weight is 368 g/mol. The molecule has 0 aliphatic carbocycles. The number of carbonyl (C=O) groups excluding carboxylic acids is 2. The molecule has 2 amide bonds. The molecule has 2 aromatic carbocycles. The zero-order valence-corrected chi connectivity index (χ0v) is 15.0. The fourth-order valence-electron chi connectivity index (χ4n) is 2.21. The molecule has 0 heterocycles. The maximum atomic E-state index is 12.3. The molecule has 1 atom stereocenters. The molecule has 0 fully saturated rings. The minimum Gasteiger partial charge on any atom is -0.399 e. The lowest BCUT2D eigenvalue weighted by molar-refractivity contribution is -0.120. The van der Waals surface area contributed by atoms with Gasteiger partial charge in [-0.15, -0.1) is 11.8 Å². The van der Waals surface area contributed by atoms with Gasteiger partial charge >= 0.3 is 0 Å². The van der Waals surface area contributed by atoms with Crippen LogP contribution in [0, 0.1) is 11.3 Å². The van der Waals surface area contributed by atoms with Gasteiger partial charge in [-0.2, -0.15) is 5.26 Å². The van der Waals surface area contributed by atoms with Gasteiger partial charge < -0.3 is 16.4 Å². The number of anilines is 1. The largest absolute Gasteiger partial charge is 0.399 e. The van der Waals surface area contributed by atoms with Crippen molar-refractivity contribution in [2.75, 3.05) is 18.8 Å². The molecule has 0 aromatic heterocycles. The summed E-state index contributed by atoms with van der Waals surface area (Å²) in [6.45, 7) is 0.0901. The Bertz CT molecular complexity index is 790. The van der Waals surface area contributed by atoms with Gasteiger partial charge in [-0.05, 0) is 23.8 Å². The molecule has 2 rings (SSSR count). The van der Waals surface area contributed by atoms with Crippen molar-refractivity contribution >= 4 is 29.3 Å². The van der Waals surface area contributed by atoms with Gasteiger partial charge in [-0.25, -0.2) is 0 Å². The van der Waals surface area contributed by atoms with E-state index >= 15 is 0 Å². The standard InChI is InChI=1S/C19H20N4O2S/c20-9-10-22-19(25)17(26-13-14-5-2-1-3-6-14)12-23-18(24)15-7-4-8-16(21)11-15/h1-8,11,17H,10,12-13,21H2,(H,22,25)(H,23,24). The third-order valence-corrected chi connectivity index (χ3v) is 4.81. The van der Waals surface area contributed by atoms with Gasteiger partial charge in [0.25, 0.3) is 5.91 Å². The van der Waals surface area contributed by atoms with E-state index in [0.717, 1.165) is 5.56 Å². The molecule has 0 saturated carbocycles. The second-order valence-electron chi connectivity index (χ2n) is 5.50. The average Bonchev–Trinajstić information content (AvgIpc) is 2.66. The third kappa shape index (κ3) is 6.15. The Morgan fingerprint density at radius 3 is 2.58 bits per heavy atom. The zero-order chi connectivity index (χ0) is 18.8. The van der Waals surface area contributed by atoms with Crippen LogP contribution in [0.15, 0.2) is 54.6 Å². The Balaban J connectivity index is 1.97. The molecular formula is C19H20N4O2S. The van der Waals surface area contributed by atoms with Crippen LogP contribution in [0.2, 0.25) is 0 Å². The smallest absolute Gasteiger partial charge is 0.251 e. The number of nitrogens with zero attached hydrogens (tertiary/aromatic N) is 1. The molecular weight excluding hydrogens is 348 g/mol. The van der Waals surface area contributed by atoms with Crippen molar-refractivity contribution in [1.82, 2.24) is 10.6 Å². The second-order valence-corrected chi connectivity index (χ2v) is 6.69. The van der Waals surface area contributed by atoms with E-state index in [1.807, 2.05) is 36.4 Å². The van der Waals surface area contributed by atoms with Gasteiger partial charge in [-0.3, -0.25) is 9.59 Å². The predicted octanol–water partition coefficient (Wildman–Crippen LogP) is 1.94. The van der Waals surface area contributed by atoms with Crippen LogP contribution in [0.4, 0.5) is 5.69 Å². The monoisotopic (exact) mass is 368 g/mol. The van der Waals surface area contributed by atoms with Gasteiger partial charge in [0, 0.05) is 23.5 Å². The first-order valence-electron chi connectivity index (χ1n) is 8.04. The first kappa shape index (κ1) is 19.3. The minimum absolute atomic E-state index is 0.0651. The molecule has 0 spiro atoms. The molecule has 0 radical (unpaired) electrons. The molecule has 0 bridgehead atoms. The summed E-state index contributed by atoms with van der Waals surface area (Å²) in [7, 11) is 0. The Morgan fingerprint density at radius 2 is 1.88 bits per heavy atom. The number of carbonyl (C=O) groups is 2. The van der Waals surface area contributed by atoms with Gasteiger partial charge in [0.15, 0.2) is 0 Å². The first-order chi connectivity index (χ1) is 12.6. The van der Waals surface area contributed by atoms with Crippen LogP contribution < -0.4 is 16.4 Å². The van der Waals surface area contributed by atoms with Gasteiger partial charge in [0.1, 0.15) is 11.8 Å². The number of benzene rings is 2. The third-order valence-electron chi connectivity index (χ3n) is 3.52. The van der Waals surface area contributed by atoms with E-state index < -0.39 is 5.25 Å². The lowest BCUT2D eigenvalue weighted by atomic mass is 10.2. The molecule has 1 unspecified atom stereocenters. The highest BCUT2D eigenvalue weighted by atomic mass is 32.2. The maximum absolute atomic E-state index is 12.3. The molecule has 26 heavy (non-hydrogen) atoms. The summed E-state index contributed by atoms with van der Waals surface area (Å²) in [5.41, 5.74) is 7.71. The number of nitrogens with one attached hydrogen (secondary N) is 2. The Labute approximate surface area is 156 Å². The molecule has 2 aromatic rings. The number of nitriles is 1. The van der Waals surface area contributed by atoms with E-state index in [-0.39, 0.29) is 24.9 Å². The lowest BCUT2D eigenvalue weighted by Crippen LogP contribution is -2.41. The molecule has 0 aliphatic rings. The Morgan fingerprint density at radius 1 is 1.12 bits per heavy atom. The van der Waals surface area contributed by atoms with Crippen molar-refractivity contribution in [2.45, 2.75) is 11.0 Å². The van der Waals surface area contributed by atoms with Crippen molar-refractivity contribution in [3.8, 4) is 6.07 Å². The Kier molecular flexibility index (Phi) is 7.52. The number of hydrogen-bond donors (Lipinski definition) is 3. The van der Waals surface area contributed by atoms with Crippen molar-refractivity contribution < 1.29 is 9.59 Å². The lowest BCUT2D eigenvalue weighted by Gasteiger charge is -2.16. The number of rotatable bonds is 8. The Hall–Kier alpha value is -2.98. The summed E-state index contributed by atoms with van der Waals surface area (Å²) in [6.07, 6.45) is 0. The predicted molar refractivity (Wildman–Crippen MR) is 103 cm³/mol. The molecule has 134 valence electrons. The summed E-state index contributed by atoms with van der Waals surface area (Å²) in [5.74, 6) is 0.0515. The van der Waals surface area contributed by atoms with E-state index in [4.69, 9.17) is 11.0 Å².